The van der Waals surface area contributed by atoms with E-state index in [1.807, 2.05) is 18.0 Å². The van der Waals surface area contributed by atoms with Gasteiger partial charge in [-0.2, -0.15) is 0 Å². The van der Waals surface area contributed by atoms with E-state index in [0.29, 0.717) is 5.92 Å². The first kappa shape index (κ1) is 12.1. The first-order valence-corrected chi connectivity index (χ1v) is 7.59. The summed E-state index contributed by atoms with van der Waals surface area (Å²) in [7, 11) is 0. The predicted octanol–water partition coefficient (Wildman–Crippen LogP) is 3.50. The van der Waals surface area contributed by atoms with Gasteiger partial charge in [-0.25, -0.2) is 0 Å². The Bertz CT molecular complexity index is 638. The number of fused-ring (bicyclic) bond motifs is 1. The molecule has 1 aromatic carbocycles. The van der Waals surface area contributed by atoms with Gasteiger partial charge < -0.3 is 4.57 Å². The first-order chi connectivity index (χ1) is 8.74. The molecule has 0 bridgehead atoms. The summed E-state index contributed by atoms with van der Waals surface area (Å²) in [6, 6.07) is 11.9. The van der Waals surface area contributed by atoms with Crippen LogP contribution in [0.3, 0.4) is 0 Å². The molecule has 1 atom stereocenters. The van der Waals surface area contributed by atoms with Gasteiger partial charge in [-0.15, -0.1) is 11.8 Å². The molecule has 1 aliphatic rings. The number of benzene rings is 1. The molecule has 0 saturated heterocycles. The SMILES string of the molecule is O=c1ccc(Br)cn1CC1CSc2ccccc21. The molecule has 3 rings (SSSR count). The molecule has 1 aliphatic heterocycles. The van der Waals surface area contributed by atoms with E-state index in [1.54, 1.807) is 16.7 Å². The van der Waals surface area contributed by atoms with E-state index in [2.05, 4.69) is 40.2 Å². The van der Waals surface area contributed by atoms with E-state index in [-0.39, 0.29) is 5.56 Å². The molecule has 18 heavy (non-hydrogen) atoms. The summed E-state index contributed by atoms with van der Waals surface area (Å²) in [6.07, 6.45) is 1.87. The average Bonchev–Trinajstić information content (AvgIpc) is 2.78. The highest BCUT2D eigenvalue weighted by molar-refractivity contribution is 9.10. The summed E-state index contributed by atoms with van der Waals surface area (Å²) in [5, 5.41) is 0. The van der Waals surface area contributed by atoms with Gasteiger partial charge in [-0.05, 0) is 33.6 Å². The van der Waals surface area contributed by atoms with Gasteiger partial charge in [0.2, 0.25) is 0 Å². The van der Waals surface area contributed by atoms with Crippen LogP contribution in [0.4, 0.5) is 0 Å². The van der Waals surface area contributed by atoms with Gasteiger partial charge in [-0.1, -0.05) is 18.2 Å². The maximum Gasteiger partial charge on any atom is 0.250 e. The van der Waals surface area contributed by atoms with Gasteiger partial charge in [0.25, 0.3) is 5.56 Å². The highest BCUT2D eigenvalue weighted by Crippen LogP contribution is 2.39. The minimum Gasteiger partial charge on any atom is -0.314 e. The number of rotatable bonds is 2. The monoisotopic (exact) mass is 321 g/mol. The van der Waals surface area contributed by atoms with E-state index in [4.69, 9.17) is 0 Å². The molecule has 0 N–H and O–H groups in total. The third-order valence-corrected chi connectivity index (χ3v) is 4.88. The fourth-order valence-electron chi connectivity index (χ4n) is 2.26. The molecule has 2 heterocycles. The molecule has 0 fully saturated rings. The van der Waals surface area contributed by atoms with E-state index in [9.17, 15) is 4.79 Å². The molecule has 0 saturated carbocycles. The summed E-state index contributed by atoms with van der Waals surface area (Å²) >= 11 is 5.29. The first-order valence-electron chi connectivity index (χ1n) is 5.82. The van der Waals surface area contributed by atoms with Crippen LogP contribution in [0, 0.1) is 0 Å². The lowest BCUT2D eigenvalue weighted by Crippen LogP contribution is -2.22. The van der Waals surface area contributed by atoms with Crippen LogP contribution in [0.15, 0.2) is 56.8 Å². The summed E-state index contributed by atoms with van der Waals surface area (Å²) in [6.45, 7) is 0.752. The Morgan fingerprint density at radius 3 is 3.00 bits per heavy atom. The molecule has 0 aliphatic carbocycles. The van der Waals surface area contributed by atoms with E-state index >= 15 is 0 Å². The number of nitrogens with zero attached hydrogens (tertiary/aromatic N) is 1. The Labute approximate surface area is 118 Å². The van der Waals surface area contributed by atoms with E-state index in [0.717, 1.165) is 16.8 Å². The van der Waals surface area contributed by atoms with E-state index < -0.39 is 0 Å². The fraction of sp³-hybridized carbons (Fsp3) is 0.214. The Morgan fingerprint density at radius 2 is 2.11 bits per heavy atom. The summed E-state index contributed by atoms with van der Waals surface area (Å²) in [5.41, 5.74) is 1.43. The zero-order valence-electron chi connectivity index (χ0n) is 9.67. The molecule has 1 aromatic heterocycles. The van der Waals surface area contributed by atoms with Crippen molar-refractivity contribution in [2.45, 2.75) is 17.4 Å². The summed E-state index contributed by atoms with van der Waals surface area (Å²) < 4.78 is 2.73. The van der Waals surface area contributed by atoms with Gasteiger partial charge in [0.05, 0.1) is 0 Å². The fourth-order valence-corrected chi connectivity index (χ4v) is 3.88. The van der Waals surface area contributed by atoms with Gasteiger partial charge in [-0.3, -0.25) is 4.79 Å². The zero-order valence-corrected chi connectivity index (χ0v) is 12.1. The lowest BCUT2D eigenvalue weighted by Gasteiger charge is -2.13. The minimum atomic E-state index is 0.0626. The number of pyridine rings is 1. The minimum absolute atomic E-state index is 0.0626. The molecular formula is C14H12BrNOS. The molecule has 0 radical (unpaired) electrons. The lowest BCUT2D eigenvalue weighted by molar-refractivity contribution is 0.586. The average molecular weight is 322 g/mol. The third-order valence-electron chi connectivity index (χ3n) is 3.16. The van der Waals surface area contributed by atoms with Crippen molar-refractivity contribution in [2.24, 2.45) is 0 Å². The molecule has 2 aromatic rings. The van der Waals surface area contributed by atoms with Crippen LogP contribution in [-0.4, -0.2) is 10.3 Å². The van der Waals surface area contributed by atoms with Crippen LogP contribution in [0.25, 0.3) is 0 Å². The standard InChI is InChI=1S/C14H12BrNOS/c15-11-5-6-14(17)16(8-11)7-10-9-18-13-4-2-1-3-12(10)13/h1-6,8,10H,7,9H2. The van der Waals surface area contributed by atoms with Gasteiger partial charge in [0.15, 0.2) is 0 Å². The maximum atomic E-state index is 11.8. The van der Waals surface area contributed by atoms with Crippen LogP contribution in [-0.2, 0) is 6.54 Å². The highest BCUT2D eigenvalue weighted by atomic mass is 79.9. The Morgan fingerprint density at radius 1 is 1.28 bits per heavy atom. The smallest absolute Gasteiger partial charge is 0.250 e. The van der Waals surface area contributed by atoms with Crippen molar-refractivity contribution < 1.29 is 0 Å². The molecule has 92 valence electrons. The highest BCUT2D eigenvalue weighted by Gasteiger charge is 2.23. The third kappa shape index (κ3) is 2.27. The second-order valence-corrected chi connectivity index (χ2v) is 6.36. The number of halogens is 1. The van der Waals surface area contributed by atoms with E-state index in [1.165, 1.54) is 10.5 Å². The van der Waals surface area contributed by atoms with Crippen molar-refractivity contribution in [1.29, 1.82) is 0 Å². The van der Waals surface area contributed by atoms with Crippen LogP contribution < -0.4 is 5.56 Å². The normalized spacial score (nSPS) is 17.7. The Hall–Kier alpha value is -1.00. The zero-order chi connectivity index (χ0) is 12.5. The van der Waals surface area contributed by atoms with Gasteiger partial charge in [0, 0.05) is 39.8 Å². The molecule has 0 amide bonds. The van der Waals surface area contributed by atoms with Crippen molar-refractivity contribution in [3.8, 4) is 0 Å². The molecule has 4 heteroatoms. The summed E-state index contributed by atoms with van der Waals surface area (Å²) in [5.74, 6) is 1.48. The summed E-state index contributed by atoms with van der Waals surface area (Å²) in [4.78, 5) is 13.2. The van der Waals surface area contributed by atoms with Crippen LogP contribution >= 0.6 is 27.7 Å². The second kappa shape index (κ2) is 4.94. The van der Waals surface area contributed by atoms with Gasteiger partial charge in [0.1, 0.15) is 0 Å². The van der Waals surface area contributed by atoms with Crippen molar-refractivity contribution >= 4 is 27.7 Å². The number of hydrogen-bond acceptors (Lipinski definition) is 2. The van der Waals surface area contributed by atoms with Crippen molar-refractivity contribution in [1.82, 2.24) is 4.57 Å². The quantitative estimate of drug-likeness (QED) is 0.844. The van der Waals surface area contributed by atoms with Crippen molar-refractivity contribution in [3.63, 3.8) is 0 Å². The van der Waals surface area contributed by atoms with Crippen molar-refractivity contribution in [2.75, 3.05) is 5.75 Å². The topological polar surface area (TPSA) is 22.0 Å². The molecule has 0 spiro atoms. The molecule has 1 unspecified atom stereocenters. The van der Waals surface area contributed by atoms with Crippen LogP contribution in [0.2, 0.25) is 0 Å². The molecular weight excluding hydrogens is 310 g/mol. The lowest BCUT2D eigenvalue weighted by atomic mass is 10.0. The van der Waals surface area contributed by atoms with Crippen LogP contribution in [0.1, 0.15) is 11.5 Å². The second-order valence-electron chi connectivity index (χ2n) is 4.38. The Balaban J connectivity index is 1.91. The van der Waals surface area contributed by atoms with Gasteiger partial charge >= 0.3 is 0 Å². The van der Waals surface area contributed by atoms with Crippen molar-refractivity contribution in [3.05, 3.63) is 63.0 Å². The van der Waals surface area contributed by atoms with Crippen LogP contribution in [0.5, 0.6) is 0 Å². The Kier molecular flexibility index (Phi) is 3.31. The maximum absolute atomic E-state index is 11.8. The predicted molar refractivity (Wildman–Crippen MR) is 78.3 cm³/mol. The number of aromatic nitrogens is 1. The largest absolute Gasteiger partial charge is 0.314 e. The molecule has 2 nitrogen and oxygen atoms in total. The number of thioether (sulfide) groups is 1. The number of hydrogen-bond donors (Lipinski definition) is 0.